The van der Waals surface area contributed by atoms with Crippen LogP contribution in [0.15, 0.2) is 71.8 Å². The third-order valence-electron chi connectivity index (χ3n) is 3.99. The van der Waals surface area contributed by atoms with Crippen LogP contribution in [0.4, 0.5) is 0 Å². The van der Waals surface area contributed by atoms with E-state index in [0.29, 0.717) is 33.7 Å². The van der Waals surface area contributed by atoms with Gasteiger partial charge in [0.25, 0.3) is 5.91 Å². The number of hydrazone groups is 1. The van der Waals surface area contributed by atoms with E-state index in [9.17, 15) is 4.79 Å². The minimum Gasteiger partial charge on any atom is -0.493 e. The van der Waals surface area contributed by atoms with Crippen LogP contribution in [0.25, 0.3) is 0 Å². The van der Waals surface area contributed by atoms with E-state index in [1.165, 1.54) is 12.3 Å². The van der Waals surface area contributed by atoms with Crippen molar-refractivity contribution in [2.24, 2.45) is 5.10 Å². The second-order valence-corrected chi connectivity index (χ2v) is 6.83. The Morgan fingerprint density at radius 2 is 1.79 bits per heavy atom. The van der Waals surface area contributed by atoms with Crippen molar-refractivity contribution in [1.29, 1.82) is 0 Å². The lowest BCUT2D eigenvalue weighted by Gasteiger charge is -2.11. The lowest BCUT2D eigenvalue weighted by molar-refractivity contribution is 0.0955. The lowest BCUT2D eigenvalue weighted by atomic mass is 10.2. The van der Waals surface area contributed by atoms with Gasteiger partial charge in [0.05, 0.1) is 23.4 Å². The van der Waals surface area contributed by atoms with Gasteiger partial charge in [0.1, 0.15) is 6.61 Å². The van der Waals surface area contributed by atoms with E-state index >= 15 is 0 Å². The first-order valence-corrected chi connectivity index (χ1v) is 9.45. The van der Waals surface area contributed by atoms with Gasteiger partial charge in [-0.1, -0.05) is 53.5 Å². The zero-order valence-corrected chi connectivity index (χ0v) is 17.1. The van der Waals surface area contributed by atoms with Crippen LogP contribution in [-0.2, 0) is 6.61 Å². The molecule has 7 heteroatoms. The van der Waals surface area contributed by atoms with Gasteiger partial charge < -0.3 is 9.47 Å². The van der Waals surface area contributed by atoms with Crippen LogP contribution in [0.5, 0.6) is 11.5 Å². The fraction of sp³-hybridized carbons (Fsp3) is 0.0909. The van der Waals surface area contributed by atoms with E-state index in [-0.39, 0.29) is 0 Å². The van der Waals surface area contributed by atoms with Crippen LogP contribution in [0.2, 0.25) is 10.0 Å². The van der Waals surface area contributed by atoms with E-state index in [2.05, 4.69) is 10.5 Å². The summed E-state index contributed by atoms with van der Waals surface area (Å²) in [6, 6.07) is 19.9. The summed E-state index contributed by atoms with van der Waals surface area (Å²) in [7, 11) is 1.57. The fourth-order valence-corrected chi connectivity index (χ4v) is 2.78. The van der Waals surface area contributed by atoms with E-state index in [1.807, 2.05) is 36.4 Å². The first kappa shape index (κ1) is 20.7. The van der Waals surface area contributed by atoms with Gasteiger partial charge in [-0.05, 0) is 47.5 Å². The molecule has 0 aliphatic carbocycles. The van der Waals surface area contributed by atoms with Crippen molar-refractivity contribution in [3.8, 4) is 11.5 Å². The number of amides is 1. The number of benzene rings is 3. The topological polar surface area (TPSA) is 59.9 Å². The van der Waals surface area contributed by atoms with Gasteiger partial charge in [0, 0.05) is 5.56 Å². The summed E-state index contributed by atoms with van der Waals surface area (Å²) in [4.78, 5) is 12.1. The van der Waals surface area contributed by atoms with Gasteiger partial charge in [-0.15, -0.1) is 0 Å². The molecule has 1 N–H and O–H groups in total. The number of rotatable bonds is 7. The Kier molecular flexibility index (Phi) is 7.11. The standard InChI is InChI=1S/C22H18Cl2N2O3/c1-28-21-11-16(7-10-20(21)29-14-15-5-3-2-4-6-15)13-25-26-22(27)17-8-9-18(23)19(24)12-17/h2-13H,14H2,1H3,(H,26,27). The van der Waals surface area contributed by atoms with E-state index in [4.69, 9.17) is 32.7 Å². The number of carbonyl (C=O) groups is 1. The first-order chi connectivity index (χ1) is 14.1. The van der Waals surface area contributed by atoms with Gasteiger partial charge in [0.2, 0.25) is 0 Å². The molecule has 1 amide bonds. The molecule has 0 saturated carbocycles. The molecule has 0 bridgehead atoms. The largest absolute Gasteiger partial charge is 0.493 e. The van der Waals surface area contributed by atoms with Crippen LogP contribution >= 0.6 is 23.2 Å². The quantitative estimate of drug-likeness (QED) is 0.407. The fourth-order valence-electron chi connectivity index (χ4n) is 2.49. The van der Waals surface area contributed by atoms with Crippen molar-refractivity contribution in [3.63, 3.8) is 0 Å². The number of methoxy groups -OCH3 is 1. The number of ether oxygens (including phenoxy) is 2. The molecular weight excluding hydrogens is 411 g/mol. The lowest BCUT2D eigenvalue weighted by Crippen LogP contribution is -2.17. The van der Waals surface area contributed by atoms with E-state index in [0.717, 1.165) is 11.1 Å². The molecule has 148 valence electrons. The van der Waals surface area contributed by atoms with Gasteiger partial charge >= 0.3 is 0 Å². The third kappa shape index (κ3) is 5.73. The van der Waals surface area contributed by atoms with Crippen LogP contribution in [0.1, 0.15) is 21.5 Å². The molecule has 0 atom stereocenters. The van der Waals surface area contributed by atoms with Crippen molar-refractivity contribution in [2.75, 3.05) is 7.11 Å². The second-order valence-electron chi connectivity index (χ2n) is 6.01. The number of hydrogen-bond acceptors (Lipinski definition) is 4. The number of nitrogens with one attached hydrogen (secondary N) is 1. The Morgan fingerprint density at radius 1 is 1.00 bits per heavy atom. The maximum absolute atomic E-state index is 12.1. The van der Waals surface area contributed by atoms with Gasteiger partial charge in [-0.2, -0.15) is 5.10 Å². The Hall–Kier alpha value is -3.02. The molecule has 0 aliphatic heterocycles. The maximum Gasteiger partial charge on any atom is 0.271 e. The average molecular weight is 429 g/mol. The molecule has 0 unspecified atom stereocenters. The number of nitrogens with zero attached hydrogens (tertiary/aromatic N) is 1. The van der Waals surface area contributed by atoms with Crippen LogP contribution in [-0.4, -0.2) is 19.2 Å². The summed E-state index contributed by atoms with van der Waals surface area (Å²) in [5, 5.41) is 4.66. The SMILES string of the molecule is COc1cc(C=NNC(=O)c2ccc(Cl)c(Cl)c2)ccc1OCc1ccccc1. The average Bonchev–Trinajstić information content (AvgIpc) is 2.75. The second kappa shape index (κ2) is 9.96. The zero-order valence-electron chi connectivity index (χ0n) is 15.6. The maximum atomic E-state index is 12.1. The van der Waals surface area contributed by atoms with Gasteiger partial charge in [-0.25, -0.2) is 5.43 Å². The Labute approximate surface area is 178 Å². The van der Waals surface area contributed by atoms with Crippen LogP contribution < -0.4 is 14.9 Å². The summed E-state index contributed by atoms with van der Waals surface area (Å²) < 4.78 is 11.2. The molecule has 5 nitrogen and oxygen atoms in total. The molecule has 0 radical (unpaired) electrons. The van der Waals surface area contributed by atoms with E-state index < -0.39 is 5.91 Å². The highest BCUT2D eigenvalue weighted by molar-refractivity contribution is 6.42. The molecule has 0 saturated heterocycles. The molecule has 3 aromatic rings. The normalized spacial score (nSPS) is 10.7. The Morgan fingerprint density at radius 3 is 2.52 bits per heavy atom. The summed E-state index contributed by atoms with van der Waals surface area (Å²) in [5.41, 5.74) is 4.61. The van der Waals surface area contributed by atoms with Gasteiger partial charge in [-0.3, -0.25) is 4.79 Å². The highest BCUT2D eigenvalue weighted by Crippen LogP contribution is 2.28. The molecule has 3 aromatic carbocycles. The molecule has 0 aliphatic rings. The van der Waals surface area contributed by atoms with Gasteiger partial charge in [0.15, 0.2) is 11.5 Å². The predicted octanol–water partition coefficient (Wildman–Crippen LogP) is 5.34. The van der Waals surface area contributed by atoms with Crippen molar-refractivity contribution in [1.82, 2.24) is 5.43 Å². The zero-order chi connectivity index (χ0) is 20.6. The van der Waals surface area contributed by atoms with Crippen molar-refractivity contribution < 1.29 is 14.3 Å². The monoisotopic (exact) mass is 428 g/mol. The van der Waals surface area contributed by atoms with Crippen LogP contribution in [0, 0.1) is 0 Å². The van der Waals surface area contributed by atoms with Crippen LogP contribution in [0.3, 0.4) is 0 Å². The molecule has 0 heterocycles. The van der Waals surface area contributed by atoms with Crippen molar-refractivity contribution >= 4 is 35.3 Å². The number of hydrogen-bond donors (Lipinski definition) is 1. The smallest absolute Gasteiger partial charge is 0.271 e. The van der Waals surface area contributed by atoms with E-state index in [1.54, 1.807) is 31.4 Å². The Balaban J connectivity index is 1.63. The predicted molar refractivity (Wildman–Crippen MR) is 115 cm³/mol. The first-order valence-electron chi connectivity index (χ1n) is 8.70. The minimum absolute atomic E-state index is 0.305. The molecular formula is C22H18Cl2N2O3. The molecule has 29 heavy (non-hydrogen) atoms. The van der Waals surface area contributed by atoms with Crippen molar-refractivity contribution in [3.05, 3.63) is 93.5 Å². The number of halogens is 2. The third-order valence-corrected chi connectivity index (χ3v) is 4.73. The minimum atomic E-state index is -0.394. The molecule has 0 aromatic heterocycles. The molecule has 3 rings (SSSR count). The summed E-state index contributed by atoms with van der Waals surface area (Å²) in [6.45, 7) is 0.435. The highest BCUT2D eigenvalue weighted by Gasteiger charge is 2.08. The number of carbonyl (C=O) groups excluding carboxylic acids is 1. The summed E-state index contributed by atoms with van der Waals surface area (Å²) >= 11 is 11.8. The summed E-state index contributed by atoms with van der Waals surface area (Å²) in [6.07, 6.45) is 1.51. The van der Waals surface area contributed by atoms with Crippen molar-refractivity contribution in [2.45, 2.75) is 6.61 Å². The summed E-state index contributed by atoms with van der Waals surface area (Å²) in [5.74, 6) is 0.795. The molecule has 0 spiro atoms. The Bertz CT molecular complexity index is 1020. The highest BCUT2D eigenvalue weighted by atomic mass is 35.5. The molecule has 0 fully saturated rings.